The molecule has 23 heavy (non-hydrogen) atoms. The van der Waals surface area contributed by atoms with Crippen LogP contribution in [0, 0.1) is 10.1 Å². The molecule has 0 fully saturated rings. The number of hydrogen-bond acceptors (Lipinski definition) is 6. The van der Waals surface area contributed by atoms with E-state index in [9.17, 15) is 14.9 Å². The quantitative estimate of drug-likeness (QED) is 0.453. The molecule has 2 rings (SSSR count). The highest BCUT2D eigenvalue weighted by molar-refractivity contribution is 7.99. The van der Waals surface area contributed by atoms with E-state index < -0.39 is 10.9 Å². The Kier molecular flexibility index (Phi) is 5.59. The molecule has 0 aliphatic heterocycles. The van der Waals surface area contributed by atoms with Crippen LogP contribution in [0.4, 0.5) is 5.69 Å². The second-order valence-corrected chi connectivity index (χ2v) is 5.58. The minimum Gasteiger partial charge on any atom is -0.497 e. The zero-order valence-electron chi connectivity index (χ0n) is 12.6. The van der Waals surface area contributed by atoms with Crippen molar-refractivity contribution in [3.05, 3.63) is 58.1 Å². The van der Waals surface area contributed by atoms with Crippen molar-refractivity contribution in [1.82, 2.24) is 0 Å². The number of nitro groups is 1. The van der Waals surface area contributed by atoms with E-state index in [1.54, 1.807) is 20.1 Å². The van der Waals surface area contributed by atoms with Crippen LogP contribution >= 0.6 is 11.8 Å². The summed E-state index contributed by atoms with van der Waals surface area (Å²) < 4.78 is 9.92. The fourth-order valence-electron chi connectivity index (χ4n) is 1.89. The normalized spacial score (nSPS) is 10.2. The van der Waals surface area contributed by atoms with Crippen LogP contribution in [-0.4, -0.2) is 24.6 Å². The van der Waals surface area contributed by atoms with Gasteiger partial charge in [-0.3, -0.25) is 10.1 Å². The van der Waals surface area contributed by atoms with Gasteiger partial charge in [0.15, 0.2) is 0 Å². The van der Waals surface area contributed by atoms with E-state index in [1.165, 1.54) is 23.9 Å². The minimum absolute atomic E-state index is 0.0454. The van der Waals surface area contributed by atoms with Gasteiger partial charge in [0.05, 0.1) is 18.6 Å². The van der Waals surface area contributed by atoms with Crippen LogP contribution in [0.25, 0.3) is 0 Å². The molecule has 0 atom stereocenters. The van der Waals surface area contributed by atoms with E-state index >= 15 is 0 Å². The summed E-state index contributed by atoms with van der Waals surface area (Å²) >= 11 is 1.36. The Balaban J connectivity index is 2.27. The number of nitro benzene ring substituents is 1. The van der Waals surface area contributed by atoms with Gasteiger partial charge in [0.25, 0.3) is 5.69 Å². The van der Waals surface area contributed by atoms with Crippen molar-refractivity contribution in [2.24, 2.45) is 0 Å². The summed E-state index contributed by atoms with van der Waals surface area (Å²) in [6, 6.07) is 11.8. The monoisotopic (exact) mass is 333 g/mol. The first-order valence-electron chi connectivity index (χ1n) is 6.82. The summed E-state index contributed by atoms with van der Waals surface area (Å²) in [7, 11) is 1.58. The van der Waals surface area contributed by atoms with Crippen molar-refractivity contribution in [3.63, 3.8) is 0 Å². The van der Waals surface area contributed by atoms with E-state index in [0.29, 0.717) is 4.90 Å². The first-order valence-corrected chi connectivity index (χ1v) is 7.64. The van der Waals surface area contributed by atoms with E-state index in [2.05, 4.69) is 0 Å². The second kappa shape index (κ2) is 7.64. The van der Waals surface area contributed by atoms with E-state index in [4.69, 9.17) is 9.47 Å². The third-order valence-corrected chi connectivity index (χ3v) is 3.95. The molecule has 0 amide bonds. The predicted molar refractivity (Wildman–Crippen MR) is 86.2 cm³/mol. The highest BCUT2D eigenvalue weighted by Crippen LogP contribution is 2.32. The molecule has 2 aromatic rings. The van der Waals surface area contributed by atoms with Crippen molar-refractivity contribution in [2.45, 2.75) is 16.7 Å². The van der Waals surface area contributed by atoms with Crippen molar-refractivity contribution >= 4 is 23.4 Å². The lowest BCUT2D eigenvalue weighted by Crippen LogP contribution is -2.07. The van der Waals surface area contributed by atoms with Gasteiger partial charge in [-0.25, -0.2) is 4.79 Å². The van der Waals surface area contributed by atoms with Crippen molar-refractivity contribution < 1.29 is 19.2 Å². The molecular weight excluding hydrogens is 318 g/mol. The Hall–Kier alpha value is -2.54. The maximum atomic E-state index is 11.8. The lowest BCUT2D eigenvalue weighted by molar-refractivity contribution is -0.385. The van der Waals surface area contributed by atoms with Crippen LogP contribution in [0.15, 0.2) is 52.3 Å². The smallest absolute Gasteiger partial charge is 0.345 e. The fourth-order valence-corrected chi connectivity index (χ4v) is 2.74. The van der Waals surface area contributed by atoms with E-state index in [-0.39, 0.29) is 17.9 Å². The molecular formula is C16H15NO5S. The Bertz CT molecular complexity index is 715. The van der Waals surface area contributed by atoms with Gasteiger partial charge in [0, 0.05) is 15.9 Å². The van der Waals surface area contributed by atoms with Crippen LogP contribution in [0.1, 0.15) is 17.3 Å². The number of rotatable bonds is 6. The van der Waals surface area contributed by atoms with Gasteiger partial charge < -0.3 is 9.47 Å². The number of esters is 1. The number of ether oxygens (including phenoxy) is 2. The summed E-state index contributed by atoms with van der Waals surface area (Å²) in [6.45, 7) is 1.82. The molecule has 0 saturated heterocycles. The van der Waals surface area contributed by atoms with Gasteiger partial charge in [-0.1, -0.05) is 11.8 Å². The Morgan fingerprint density at radius 3 is 2.39 bits per heavy atom. The van der Waals surface area contributed by atoms with Crippen LogP contribution in [0.2, 0.25) is 0 Å². The number of carbonyl (C=O) groups excluding carboxylic acids is 1. The number of nitrogens with zero attached hydrogens (tertiary/aromatic N) is 1. The lowest BCUT2D eigenvalue weighted by atomic mass is 10.2. The second-order valence-electron chi connectivity index (χ2n) is 4.43. The van der Waals surface area contributed by atoms with Gasteiger partial charge in [0.1, 0.15) is 11.3 Å². The maximum absolute atomic E-state index is 11.8. The van der Waals surface area contributed by atoms with Crippen LogP contribution in [0.5, 0.6) is 5.75 Å². The molecule has 0 aliphatic carbocycles. The molecule has 0 heterocycles. The molecule has 0 spiro atoms. The van der Waals surface area contributed by atoms with Crippen LogP contribution in [0.3, 0.4) is 0 Å². The fraction of sp³-hybridized carbons (Fsp3) is 0.188. The summed E-state index contributed by atoms with van der Waals surface area (Å²) in [5.74, 6) is 0.0400. The van der Waals surface area contributed by atoms with Crippen molar-refractivity contribution in [1.29, 1.82) is 0 Å². The van der Waals surface area contributed by atoms with Crippen molar-refractivity contribution in [3.8, 4) is 5.75 Å². The average Bonchev–Trinajstić information content (AvgIpc) is 2.55. The molecule has 0 radical (unpaired) electrons. The number of benzene rings is 2. The molecule has 0 aromatic heterocycles. The Morgan fingerprint density at radius 2 is 1.83 bits per heavy atom. The Morgan fingerprint density at radius 1 is 1.17 bits per heavy atom. The van der Waals surface area contributed by atoms with Crippen LogP contribution in [-0.2, 0) is 4.74 Å². The Labute approximate surface area is 137 Å². The highest BCUT2D eigenvalue weighted by Gasteiger charge is 2.22. The SMILES string of the molecule is CCOC(=O)c1ccc(Sc2ccc(OC)cc2)cc1[N+](=O)[O-]. The van der Waals surface area contributed by atoms with Crippen LogP contribution < -0.4 is 4.74 Å². The lowest BCUT2D eigenvalue weighted by Gasteiger charge is -2.06. The van der Waals surface area contributed by atoms with Gasteiger partial charge >= 0.3 is 5.97 Å². The predicted octanol–water partition coefficient (Wildman–Crippen LogP) is 3.93. The molecule has 120 valence electrons. The maximum Gasteiger partial charge on any atom is 0.345 e. The first-order chi connectivity index (χ1) is 11.0. The molecule has 0 N–H and O–H groups in total. The molecule has 0 unspecified atom stereocenters. The van der Waals surface area contributed by atoms with Gasteiger partial charge in [-0.2, -0.15) is 0 Å². The summed E-state index contributed by atoms with van der Waals surface area (Å²) in [4.78, 5) is 23.9. The highest BCUT2D eigenvalue weighted by atomic mass is 32.2. The number of methoxy groups -OCH3 is 1. The largest absolute Gasteiger partial charge is 0.497 e. The first kappa shape index (κ1) is 16.8. The summed E-state index contributed by atoms with van der Waals surface area (Å²) in [5.41, 5.74) is -0.308. The summed E-state index contributed by atoms with van der Waals surface area (Å²) in [5, 5.41) is 11.2. The standard InChI is InChI=1S/C16H15NO5S/c1-3-22-16(18)14-9-8-13(10-15(14)17(19)20)23-12-6-4-11(21-2)5-7-12/h4-10H,3H2,1-2H3. The summed E-state index contributed by atoms with van der Waals surface area (Å²) in [6.07, 6.45) is 0. The minimum atomic E-state index is -0.694. The molecule has 0 bridgehead atoms. The van der Waals surface area contributed by atoms with E-state index in [0.717, 1.165) is 10.6 Å². The van der Waals surface area contributed by atoms with Gasteiger partial charge in [-0.15, -0.1) is 0 Å². The van der Waals surface area contributed by atoms with E-state index in [1.807, 2.05) is 24.3 Å². The van der Waals surface area contributed by atoms with Gasteiger partial charge in [0.2, 0.25) is 0 Å². The molecule has 2 aromatic carbocycles. The zero-order valence-corrected chi connectivity index (χ0v) is 13.5. The molecule has 0 saturated carbocycles. The third kappa shape index (κ3) is 4.23. The zero-order chi connectivity index (χ0) is 16.8. The average molecular weight is 333 g/mol. The van der Waals surface area contributed by atoms with Gasteiger partial charge in [-0.05, 0) is 43.3 Å². The number of carbonyl (C=O) groups is 1. The molecule has 0 aliphatic rings. The third-order valence-electron chi connectivity index (χ3n) is 2.96. The topological polar surface area (TPSA) is 78.7 Å². The molecule has 7 heteroatoms. The molecule has 6 nitrogen and oxygen atoms in total. The number of hydrogen-bond donors (Lipinski definition) is 0. The van der Waals surface area contributed by atoms with Crippen molar-refractivity contribution in [2.75, 3.05) is 13.7 Å².